The number of nitrogens with one attached hydrogen (secondary N) is 2. The molecule has 0 bridgehead atoms. The summed E-state index contributed by atoms with van der Waals surface area (Å²) in [5, 5.41) is 17.5. The first-order valence-electron chi connectivity index (χ1n) is 9.09. The van der Waals surface area contributed by atoms with Gasteiger partial charge in [-0.3, -0.25) is 4.79 Å². The van der Waals surface area contributed by atoms with Crippen molar-refractivity contribution < 1.29 is 9.90 Å². The number of rotatable bonds is 4. The highest BCUT2D eigenvalue weighted by Gasteiger charge is 2.19. The van der Waals surface area contributed by atoms with Crippen LogP contribution < -0.4 is 10.7 Å². The lowest BCUT2D eigenvalue weighted by molar-refractivity contribution is -0.120. The Hall–Kier alpha value is -2.29. The van der Waals surface area contributed by atoms with Gasteiger partial charge in [-0.15, -0.1) is 0 Å². The van der Waals surface area contributed by atoms with Crippen LogP contribution in [-0.2, 0) is 11.2 Å². The van der Waals surface area contributed by atoms with E-state index in [0.29, 0.717) is 14.7 Å². The van der Waals surface area contributed by atoms with E-state index in [2.05, 4.69) is 53.8 Å². The third-order valence-corrected chi connectivity index (χ3v) is 6.96. The average molecular weight is 547 g/mol. The smallest absolute Gasteiger partial charge is 0.244 e. The Morgan fingerprint density at radius 3 is 2.57 bits per heavy atom. The van der Waals surface area contributed by atoms with Gasteiger partial charge >= 0.3 is 0 Å². The third-order valence-electron chi connectivity index (χ3n) is 4.61. The van der Waals surface area contributed by atoms with Crippen LogP contribution in [-0.4, -0.2) is 16.7 Å². The number of amides is 1. The molecule has 0 atom stereocenters. The molecule has 0 spiro atoms. The molecule has 3 aromatic carbocycles. The highest BCUT2D eigenvalue weighted by molar-refractivity contribution is 9.11. The molecular weight excluding hydrogens is 530 g/mol. The van der Waals surface area contributed by atoms with Crippen LogP contribution in [0.25, 0.3) is 0 Å². The number of hydrogen-bond acceptors (Lipinski definition) is 5. The molecule has 8 heteroatoms. The number of nitrogens with zero attached hydrogens (tertiary/aromatic N) is 1. The summed E-state index contributed by atoms with van der Waals surface area (Å²) in [7, 11) is 0. The minimum Gasteiger partial charge on any atom is -0.506 e. The average Bonchev–Trinajstić information content (AvgIpc) is 2.74. The van der Waals surface area contributed by atoms with E-state index in [9.17, 15) is 9.90 Å². The monoisotopic (exact) mass is 545 g/mol. The van der Waals surface area contributed by atoms with E-state index in [1.165, 1.54) is 0 Å². The number of benzene rings is 3. The predicted octanol–water partition coefficient (Wildman–Crippen LogP) is 6.21. The summed E-state index contributed by atoms with van der Waals surface area (Å²) >= 11 is 8.30. The highest BCUT2D eigenvalue weighted by atomic mass is 79.9. The normalized spacial score (nSPS) is 12.6. The molecule has 0 aromatic heterocycles. The molecule has 1 aliphatic rings. The molecule has 0 unspecified atom stereocenters. The number of carbonyl (C=O) groups is 1. The van der Waals surface area contributed by atoms with Gasteiger partial charge in [0.1, 0.15) is 5.75 Å². The van der Waals surface area contributed by atoms with Gasteiger partial charge < -0.3 is 10.4 Å². The number of halogens is 2. The molecule has 5 nitrogen and oxygen atoms in total. The highest BCUT2D eigenvalue weighted by Crippen LogP contribution is 2.45. The van der Waals surface area contributed by atoms with Gasteiger partial charge in [-0.05, 0) is 80.2 Å². The van der Waals surface area contributed by atoms with Crippen molar-refractivity contribution in [2.75, 3.05) is 5.32 Å². The van der Waals surface area contributed by atoms with Crippen LogP contribution in [0.3, 0.4) is 0 Å². The number of phenolic OH excluding ortho intramolecular Hbond substituents is 1. The van der Waals surface area contributed by atoms with Crippen molar-refractivity contribution in [1.82, 2.24) is 5.43 Å². The first-order chi connectivity index (χ1) is 14.4. The van der Waals surface area contributed by atoms with Crippen LogP contribution in [0.4, 0.5) is 11.4 Å². The minimum absolute atomic E-state index is 0.122. The SMILES string of the molecule is C/C(=N\NC(=O)Cc1cccc2c1Nc1ccccc1S2)c1cc(Br)c(O)c(Br)c1. The lowest BCUT2D eigenvalue weighted by Crippen LogP contribution is -2.22. The number of anilines is 2. The van der Waals surface area contributed by atoms with Gasteiger partial charge in [0.15, 0.2) is 0 Å². The van der Waals surface area contributed by atoms with Crippen LogP contribution in [0.1, 0.15) is 18.1 Å². The standard InChI is InChI=1S/C22H17Br2N3O2S/c1-12(14-9-15(23)22(29)16(24)10-14)26-27-20(28)11-13-5-4-8-19-21(13)25-17-6-2-3-7-18(17)30-19/h2-10,25,29H,11H2,1H3,(H,27,28)/b26-12+. The largest absolute Gasteiger partial charge is 0.506 e. The molecule has 0 fully saturated rings. The van der Waals surface area contributed by atoms with Crippen LogP contribution in [0.2, 0.25) is 0 Å². The van der Waals surface area contributed by atoms with E-state index in [4.69, 9.17) is 0 Å². The Balaban J connectivity index is 1.49. The van der Waals surface area contributed by atoms with Gasteiger partial charge in [0.2, 0.25) is 5.91 Å². The van der Waals surface area contributed by atoms with Crippen molar-refractivity contribution in [1.29, 1.82) is 0 Å². The molecular formula is C22H17Br2N3O2S. The molecule has 4 rings (SSSR count). The number of carbonyl (C=O) groups excluding carboxylic acids is 1. The lowest BCUT2D eigenvalue weighted by atomic mass is 10.1. The second kappa shape index (κ2) is 8.83. The summed E-state index contributed by atoms with van der Waals surface area (Å²) in [5.74, 6) is -0.0818. The fraction of sp³-hybridized carbons (Fsp3) is 0.0909. The maximum absolute atomic E-state index is 12.6. The third kappa shape index (κ3) is 4.40. The maximum atomic E-state index is 12.6. The molecule has 1 heterocycles. The molecule has 0 radical (unpaired) electrons. The molecule has 152 valence electrons. The Kier molecular flexibility index (Phi) is 6.17. The van der Waals surface area contributed by atoms with Crippen molar-refractivity contribution in [3.8, 4) is 5.75 Å². The fourth-order valence-corrected chi connectivity index (χ4v) is 5.29. The van der Waals surface area contributed by atoms with Gasteiger partial charge in [-0.25, -0.2) is 5.43 Å². The van der Waals surface area contributed by atoms with Crippen LogP contribution in [0, 0.1) is 0 Å². The number of hydrazone groups is 1. The summed E-state index contributed by atoms with van der Waals surface area (Å²) in [6, 6.07) is 17.6. The lowest BCUT2D eigenvalue weighted by Gasteiger charge is -2.23. The van der Waals surface area contributed by atoms with Crippen LogP contribution in [0.15, 0.2) is 78.4 Å². The van der Waals surface area contributed by atoms with Crippen molar-refractivity contribution in [3.63, 3.8) is 0 Å². The summed E-state index contributed by atoms with van der Waals surface area (Å²) < 4.78 is 1.10. The summed E-state index contributed by atoms with van der Waals surface area (Å²) in [5.41, 5.74) is 6.95. The zero-order valence-corrected chi connectivity index (χ0v) is 19.9. The molecule has 1 amide bonds. The number of aromatic hydroxyl groups is 1. The van der Waals surface area contributed by atoms with Gasteiger partial charge in [-0.1, -0.05) is 36.0 Å². The van der Waals surface area contributed by atoms with E-state index in [0.717, 1.165) is 32.3 Å². The van der Waals surface area contributed by atoms with E-state index in [-0.39, 0.29) is 18.1 Å². The number of para-hydroxylation sites is 2. The van der Waals surface area contributed by atoms with E-state index in [1.807, 2.05) is 36.4 Å². The van der Waals surface area contributed by atoms with Crippen molar-refractivity contribution >= 4 is 66.6 Å². The number of hydrogen-bond donors (Lipinski definition) is 3. The molecule has 30 heavy (non-hydrogen) atoms. The number of phenols is 1. The Bertz CT molecular complexity index is 1160. The Labute approximate surface area is 195 Å². The second-order valence-electron chi connectivity index (χ2n) is 6.71. The Morgan fingerprint density at radius 2 is 1.80 bits per heavy atom. The maximum Gasteiger partial charge on any atom is 0.244 e. The van der Waals surface area contributed by atoms with Crippen molar-refractivity contribution in [3.05, 3.63) is 74.7 Å². The molecule has 3 N–H and O–H groups in total. The van der Waals surface area contributed by atoms with Gasteiger partial charge in [0, 0.05) is 9.79 Å². The quantitative estimate of drug-likeness (QED) is 0.210. The van der Waals surface area contributed by atoms with E-state index in [1.54, 1.807) is 30.8 Å². The molecule has 3 aromatic rings. The zero-order valence-electron chi connectivity index (χ0n) is 15.9. The topological polar surface area (TPSA) is 73.7 Å². The fourth-order valence-electron chi connectivity index (χ4n) is 3.06. The molecule has 0 saturated carbocycles. The first-order valence-corrected chi connectivity index (χ1v) is 11.5. The second-order valence-corrected chi connectivity index (χ2v) is 9.50. The zero-order chi connectivity index (χ0) is 21.3. The van der Waals surface area contributed by atoms with Gasteiger partial charge in [0.05, 0.1) is 32.5 Å². The van der Waals surface area contributed by atoms with Crippen LogP contribution >= 0.6 is 43.6 Å². The minimum atomic E-state index is -0.203. The van der Waals surface area contributed by atoms with Gasteiger partial charge in [-0.2, -0.15) is 5.10 Å². The van der Waals surface area contributed by atoms with Crippen molar-refractivity contribution in [2.45, 2.75) is 23.1 Å². The molecule has 1 aliphatic heterocycles. The van der Waals surface area contributed by atoms with E-state index < -0.39 is 0 Å². The van der Waals surface area contributed by atoms with E-state index >= 15 is 0 Å². The van der Waals surface area contributed by atoms with Crippen LogP contribution in [0.5, 0.6) is 5.75 Å². The summed E-state index contributed by atoms with van der Waals surface area (Å²) in [6.45, 7) is 1.80. The molecule has 0 aliphatic carbocycles. The summed E-state index contributed by atoms with van der Waals surface area (Å²) in [4.78, 5) is 14.8. The Morgan fingerprint density at radius 1 is 1.10 bits per heavy atom. The first kappa shape index (κ1) is 21.0. The predicted molar refractivity (Wildman–Crippen MR) is 128 cm³/mol. The molecule has 0 saturated heterocycles. The van der Waals surface area contributed by atoms with Gasteiger partial charge in [0.25, 0.3) is 0 Å². The van der Waals surface area contributed by atoms with Crippen molar-refractivity contribution in [2.24, 2.45) is 5.10 Å². The summed E-state index contributed by atoms with van der Waals surface area (Å²) in [6.07, 6.45) is 0.207. The number of fused-ring (bicyclic) bond motifs is 2.